The van der Waals surface area contributed by atoms with E-state index in [9.17, 15) is 9.59 Å². The SMILES string of the molecule is CC(C(=O)[C@@H](N)CS)C(=S)C(N)=O. The summed E-state index contributed by atoms with van der Waals surface area (Å²) < 4.78 is 0. The van der Waals surface area contributed by atoms with Crippen molar-refractivity contribution in [3.63, 3.8) is 0 Å². The first-order chi connectivity index (χ1) is 5.91. The second-order valence-corrected chi connectivity index (χ2v) is 3.45. The minimum atomic E-state index is -0.748. The van der Waals surface area contributed by atoms with Gasteiger partial charge in [0.25, 0.3) is 5.91 Å². The van der Waals surface area contributed by atoms with E-state index in [1.165, 1.54) is 6.92 Å². The van der Waals surface area contributed by atoms with Crippen molar-refractivity contribution in [3.8, 4) is 0 Å². The number of thiol groups is 1. The lowest BCUT2D eigenvalue weighted by molar-refractivity contribution is -0.122. The Bertz CT molecular complexity index is 243. The fourth-order valence-corrected chi connectivity index (χ4v) is 1.05. The van der Waals surface area contributed by atoms with Gasteiger partial charge in [0.15, 0.2) is 5.78 Å². The molecule has 0 bridgehead atoms. The maximum Gasteiger partial charge on any atom is 0.256 e. The zero-order chi connectivity index (χ0) is 10.6. The Hall–Kier alpha value is -0.460. The smallest absolute Gasteiger partial charge is 0.256 e. The van der Waals surface area contributed by atoms with Crippen LogP contribution in [0, 0.1) is 5.92 Å². The molecule has 1 amide bonds. The summed E-state index contributed by atoms with van der Waals surface area (Å²) in [5.41, 5.74) is 10.3. The van der Waals surface area contributed by atoms with Gasteiger partial charge in [0.05, 0.1) is 16.8 Å². The fourth-order valence-electron chi connectivity index (χ4n) is 0.754. The highest BCUT2D eigenvalue weighted by atomic mass is 32.1. The number of thiocarbonyl (C=S) groups is 1. The summed E-state index contributed by atoms with van der Waals surface area (Å²) >= 11 is 8.53. The maximum atomic E-state index is 11.4. The van der Waals surface area contributed by atoms with Crippen molar-refractivity contribution in [3.05, 3.63) is 0 Å². The number of rotatable bonds is 5. The molecular weight excluding hydrogens is 208 g/mol. The Morgan fingerprint density at radius 2 is 2.00 bits per heavy atom. The Morgan fingerprint density at radius 3 is 2.31 bits per heavy atom. The molecule has 4 nitrogen and oxygen atoms in total. The Balaban J connectivity index is 4.43. The molecule has 0 spiro atoms. The minimum absolute atomic E-state index is 0.0813. The summed E-state index contributed by atoms with van der Waals surface area (Å²) in [4.78, 5) is 21.9. The molecule has 74 valence electrons. The molecule has 0 aliphatic carbocycles. The molecule has 0 fully saturated rings. The molecule has 0 rings (SSSR count). The van der Waals surface area contributed by atoms with Gasteiger partial charge < -0.3 is 11.5 Å². The molecule has 4 N–H and O–H groups in total. The van der Waals surface area contributed by atoms with Crippen molar-refractivity contribution >= 4 is 41.4 Å². The molecule has 0 aromatic heterocycles. The Morgan fingerprint density at radius 1 is 1.54 bits per heavy atom. The lowest BCUT2D eigenvalue weighted by Crippen LogP contribution is -2.41. The van der Waals surface area contributed by atoms with Gasteiger partial charge in [0, 0.05) is 5.75 Å². The zero-order valence-corrected chi connectivity index (χ0v) is 8.90. The number of ketones is 1. The van der Waals surface area contributed by atoms with E-state index in [0.717, 1.165) is 0 Å². The first-order valence-electron chi connectivity index (χ1n) is 3.65. The van der Waals surface area contributed by atoms with Crippen molar-refractivity contribution < 1.29 is 9.59 Å². The molecule has 13 heavy (non-hydrogen) atoms. The topological polar surface area (TPSA) is 86.2 Å². The van der Waals surface area contributed by atoms with Gasteiger partial charge in [-0.15, -0.1) is 0 Å². The average molecular weight is 220 g/mol. The van der Waals surface area contributed by atoms with Crippen LogP contribution in [0.25, 0.3) is 0 Å². The largest absolute Gasteiger partial charge is 0.365 e. The maximum absolute atomic E-state index is 11.4. The van der Waals surface area contributed by atoms with Gasteiger partial charge in [0.1, 0.15) is 0 Å². The number of Topliss-reactive ketones (excluding diaryl/α,β-unsaturated/α-hetero) is 1. The van der Waals surface area contributed by atoms with Crippen LogP contribution < -0.4 is 11.5 Å². The normalized spacial score (nSPS) is 14.7. The van der Waals surface area contributed by atoms with Gasteiger partial charge >= 0.3 is 0 Å². The molecule has 0 heterocycles. The number of hydrogen-bond donors (Lipinski definition) is 3. The molecule has 0 aliphatic heterocycles. The zero-order valence-electron chi connectivity index (χ0n) is 7.19. The molecule has 0 saturated carbocycles. The quantitative estimate of drug-likeness (QED) is 0.422. The summed E-state index contributed by atoms with van der Waals surface area (Å²) in [6, 6.07) is -0.698. The summed E-state index contributed by atoms with van der Waals surface area (Å²) in [6.07, 6.45) is 0. The van der Waals surface area contributed by atoms with Crippen LogP contribution in [0.4, 0.5) is 0 Å². The number of carbonyl (C=O) groups excluding carboxylic acids is 2. The Kier molecular flexibility index (Phi) is 5.12. The molecule has 0 aromatic rings. The molecule has 0 radical (unpaired) electrons. The summed E-state index contributed by atoms with van der Waals surface area (Å²) in [5, 5.41) is 0. The molecule has 0 saturated heterocycles. The first-order valence-corrected chi connectivity index (χ1v) is 4.69. The predicted octanol–water partition coefficient (Wildman–Crippen LogP) is -0.696. The van der Waals surface area contributed by atoms with Crippen molar-refractivity contribution in [1.29, 1.82) is 0 Å². The van der Waals surface area contributed by atoms with Crippen LogP contribution in [0.1, 0.15) is 6.92 Å². The number of carbonyl (C=O) groups is 2. The van der Waals surface area contributed by atoms with E-state index in [1.807, 2.05) is 0 Å². The van der Waals surface area contributed by atoms with Crippen molar-refractivity contribution in [2.45, 2.75) is 13.0 Å². The number of hydrogen-bond acceptors (Lipinski definition) is 5. The fraction of sp³-hybridized carbons (Fsp3) is 0.571. The average Bonchev–Trinajstić information content (AvgIpc) is 2.12. The molecular formula is C7H12N2O2S2. The van der Waals surface area contributed by atoms with Gasteiger partial charge in [-0.1, -0.05) is 19.1 Å². The first kappa shape index (κ1) is 12.5. The van der Waals surface area contributed by atoms with Gasteiger partial charge in [-0.2, -0.15) is 12.6 Å². The van der Waals surface area contributed by atoms with Gasteiger partial charge in [-0.25, -0.2) is 0 Å². The number of primary amides is 1. The van der Waals surface area contributed by atoms with Crippen LogP contribution in [-0.2, 0) is 9.59 Å². The second-order valence-electron chi connectivity index (χ2n) is 2.64. The van der Waals surface area contributed by atoms with Gasteiger partial charge in [0.2, 0.25) is 0 Å². The van der Waals surface area contributed by atoms with E-state index < -0.39 is 17.9 Å². The third-order valence-electron chi connectivity index (χ3n) is 1.63. The van der Waals surface area contributed by atoms with Crippen molar-refractivity contribution in [1.82, 2.24) is 0 Å². The molecule has 0 aromatic carbocycles. The highest BCUT2D eigenvalue weighted by Crippen LogP contribution is 2.04. The monoisotopic (exact) mass is 220 g/mol. The van der Waals surface area contributed by atoms with Crippen LogP contribution in [0.15, 0.2) is 0 Å². The van der Waals surface area contributed by atoms with Crippen molar-refractivity contribution in [2.75, 3.05) is 5.75 Å². The Labute approximate surface area is 87.4 Å². The lowest BCUT2D eigenvalue weighted by atomic mass is 9.97. The van der Waals surface area contributed by atoms with Crippen molar-refractivity contribution in [2.24, 2.45) is 17.4 Å². The standard InChI is InChI=1S/C7H12N2O2S2/c1-3(6(13)7(9)11)5(10)4(8)2-12/h3-4,12H,2,8H2,1H3,(H2,9,11)/t3?,4-/m0/s1. The third-order valence-corrected chi connectivity index (χ3v) is 2.57. The summed E-state index contributed by atoms with van der Waals surface area (Å²) in [5.74, 6) is -1.53. The van der Waals surface area contributed by atoms with E-state index in [1.54, 1.807) is 0 Å². The molecule has 2 atom stereocenters. The highest BCUT2D eigenvalue weighted by Gasteiger charge is 2.25. The van der Waals surface area contributed by atoms with Crippen LogP contribution in [0.3, 0.4) is 0 Å². The second kappa shape index (κ2) is 5.31. The van der Waals surface area contributed by atoms with E-state index in [2.05, 4.69) is 24.8 Å². The summed E-state index contributed by atoms with van der Waals surface area (Å²) in [7, 11) is 0. The van der Waals surface area contributed by atoms with E-state index in [-0.39, 0.29) is 16.4 Å². The van der Waals surface area contributed by atoms with Crippen LogP contribution >= 0.6 is 24.8 Å². The van der Waals surface area contributed by atoms with Gasteiger partial charge in [-0.3, -0.25) is 9.59 Å². The summed E-state index contributed by atoms with van der Waals surface area (Å²) in [6.45, 7) is 1.51. The number of amides is 1. The predicted molar refractivity (Wildman–Crippen MR) is 57.8 cm³/mol. The molecule has 6 heteroatoms. The third kappa shape index (κ3) is 3.41. The van der Waals surface area contributed by atoms with E-state index >= 15 is 0 Å². The van der Waals surface area contributed by atoms with Crippen LogP contribution in [0.2, 0.25) is 0 Å². The minimum Gasteiger partial charge on any atom is -0.365 e. The van der Waals surface area contributed by atoms with Crippen LogP contribution in [0.5, 0.6) is 0 Å². The highest BCUT2D eigenvalue weighted by molar-refractivity contribution is 7.82. The van der Waals surface area contributed by atoms with E-state index in [4.69, 9.17) is 11.5 Å². The lowest BCUT2D eigenvalue weighted by Gasteiger charge is -2.13. The molecule has 1 unspecified atom stereocenters. The van der Waals surface area contributed by atoms with Gasteiger partial charge in [-0.05, 0) is 0 Å². The van der Waals surface area contributed by atoms with Crippen LogP contribution in [-0.4, -0.2) is 28.3 Å². The number of nitrogens with two attached hydrogens (primary N) is 2. The van der Waals surface area contributed by atoms with E-state index in [0.29, 0.717) is 0 Å². The molecule has 0 aliphatic rings.